The molecule has 0 saturated carbocycles. The van der Waals surface area contributed by atoms with Crippen molar-refractivity contribution in [3.05, 3.63) is 40.3 Å². The van der Waals surface area contributed by atoms with Crippen molar-refractivity contribution in [3.63, 3.8) is 0 Å². The fraction of sp³-hybridized carbons (Fsp3) is 0.400. The van der Waals surface area contributed by atoms with Crippen LogP contribution in [0.2, 0.25) is 0 Å². The number of nitrogens with one attached hydrogen (secondary N) is 1. The SMILES string of the molecule is Cc1cc(CNC(C)(C)C)nc(-c2ncccc2Br)n1. The monoisotopic (exact) mass is 334 g/mol. The second kappa shape index (κ2) is 5.97. The van der Waals surface area contributed by atoms with Crippen LogP contribution >= 0.6 is 15.9 Å². The van der Waals surface area contributed by atoms with Crippen LogP contribution < -0.4 is 5.32 Å². The van der Waals surface area contributed by atoms with E-state index in [0.29, 0.717) is 12.4 Å². The molecule has 2 aromatic heterocycles. The normalized spacial score (nSPS) is 11.7. The molecule has 2 aromatic rings. The topological polar surface area (TPSA) is 50.7 Å². The summed E-state index contributed by atoms with van der Waals surface area (Å²) >= 11 is 3.49. The van der Waals surface area contributed by atoms with Crippen molar-refractivity contribution < 1.29 is 0 Å². The average molecular weight is 335 g/mol. The lowest BCUT2D eigenvalue weighted by molar-refractivity contribution is 0.421. The first kappa shape index (κ1) is 15.1. The molecular weight excluding hydrogens is 316 g/mol. The van der Waals surface area contributed by atoms with Crippen LogP contribution in [0.25, 0.3) is 11.5 Å². The maximum Gasteiger partial charge on any atom is 0.179 e. The van der Waals surface area contributed by atoms with Crippen LogP contribution in [0.4, 0.5) is 0 Å². The van der Waals surface area contributed by atoms with Gasteiger partial charge in [-0.05, 0) is 61.8 Å². The zero-order chi connectivity index (χ0) is 14.8. The number of aryl methyl sites for hydroxylation is 1. The van der Waals surface area contributed by atoms with E-state index in [2.05, 4.69) is 57.0 Å². The molecule has 2 heterocycles. The molecule has 0 spiro atoms. The van der Waals surface area contributed by atoms with E-state index in [9.17, 15) is 0 Å². The molecule has 0 bridgehead atoms. The van der Waals surface area contributed by atoms with Gasteiger partial charge in [-0.2, -0.15) is 0 Å². The third-order valence-corrected chi connectivity index (χ3v) is 3.32. The predicted octanol–water partition coefficient (Wildman–Crippen LogP) is 3.50. The number of halogens is 1. The second-order valence-corrected chi connectivity index (χ2v) is 6.62. The van der Waals surface area contributed by atoms with Gasteiger partial charge in [0.05, 0.1) is 5.69 Å². The molecule has 0 unspecified atom stereocenters. The number of aromatic nitrogens is 3. The van der Waals surface area contributed by atoms with E-state index in [1.165, 1.54) is 0 Å². The van der Waals surface area contributed by atoms with Crippen LogP contribution in [-0.2, 0) is 6.54 Å². The van der Waals surface area contributed by atoms with Gasteiger partial charge < -0.3 is 5.32 Å². The number of nitrogens with zero attached hydrogens (tertiary/aromatic N) is 3. The number of rotatable bonds is 3. The first-order valence-corrected chi connectivity index (χ1v) is 7.35. The fourth-order valence-corrected chi connectivity index (χ4v) is 2.17. The molecule has 4 nitrogen and oxygen atoms in total. The highest BCUT2D eigenvalue weighted by molar-refractivity contribution is 9.10. The van der Waals surface area contributed by atoms with Crippen LogP contribution in [0.15, 0.2) is 28.9 Å². The van der Waals surface area contributed by atoms with Crippen molar-refractivity contribution >= 4 is 15.9 Å². The summed E-state index contributed by atoms with van der Waals surface area (Å²) in [5, 5.41) is 3.44. The van der Waals surface area contributed by atoms with E-state index in [4.69, 9.17) is 0 Å². The first-order chi connectivity index (χ1) is 9.35. The van der Waals surface area contributed by atoms with E-state index >= 15 is 0 Å². The summed E-state index contributed by atoms with van der Waals surface area (Å²) in [6, 6.07) is 5.83. The van der Waals surface area contributed by atoms with E-state index < -0.39 is 0 Å². The summed E-state index contributed by atoms with van der Waals surface area (Å²) < 4.78 is 0.903. The smallest absolute Gasteiger partial charge is 0.179 e. The summed E-state index contributed by atoms with van der Waals surface area (Å²) in [5.41, 5.74) is 2.75. The summed E-state index contributed by atoms with van der Waals surface area (Å²) in [6.07, 6.45) is 1.75. The Morgan fingerprint density at radius 2 is 2.00 bits per heavy atom. The molecule has 0 amide bonds. The molecule has 5 heteroatoms. The van der Waals surface area contributed by atoms with E-state index in [0.717, 1.165) is 21.6 Å². The quantitative estimate of drug-likeness (QED) is 0.933. The van der Waals surface area contributed by atoms with Crippen molar-refractivity contribution in [2.75, 3.05) is 0 Å². The van der Waals surface area contributed by atoms with Gasteiger partial charge in [0.15, 0.2) is 5.82 Å². The third kappa shape index (κ3) is 4.08. The van der Waals surface area contributed by atoms with Gasteiger partial charge in [-0.1, -0.05) is 0 Å². The number of pyridine rings is 1. The van der Waals surface area contributed by atoms with Crippen molar-refractivity contribution in [1.29, 1.82) is 0 Å². The van der Waals surface area contributed by atoms with Gasteiger partial charge in [-0.3, -0.25) is 4.98 Å². The zero-order valence-corrected chi connectivity index (χ0v) is 13.8. The van der Waals surface area contributed by atoms with Crippen molar-refractivity contribution in [2.45, 2.75) is 39.8 Å². The summed E-state index contributed by atoms with van der Waals surface area (Å²) in [7, 11) is 0. The maximum absolute atomic E-state index is 4.60. The average Bonchev–Trinajstić information content (AvgIpc) is 2.35. The lowest BCUT2D eigenvalue weighted by atomic mass is 10.1. The molecular formula is C15H19BrN4. The maximum atomic E-state index is 4.60. The molecule has 20 heavy (non-hydrogen) atoms. The summed E-state index contributed by atoms with van der Waals surface area (Å²) in [6.45, 7) is 9.10. The molecule has 0 atom stereocenters. The highest BCUT2D eigenvalue weighted by Gasteiger charge is 2.12. The lowest BCUT2D eigenvalue weighted by Gasteiger charge is -2.20. The lowest BCUT2D eigenvalue weighted by Crippen LogP contribution is -2.35. The Balaban J connectivity index is 2.32. The standard InChI is InChI=1S/C15H19BrN4/c1-10-8-11(9-18-15(2,3)4)20-14(19-10)13-12(16)6-5-7-17-13/h5-8,18H,9H2,1-4H3. The van der Waals surface area contributed by atoms with Gasteiger partial charge in [0.2, 0.25) is 0 Å². The van der Waals surface area contributed by atoms with Crippen molar-refractivity contribution in [3.8, 4) is 11.5 Å². The second-order valence-electron chi connectivity index (χ2n) is 5.76. The molecule has 0 radical (unpaired) electrons. The number of hydrogen-bond acceptors (Lipinski definition) is 4. The van der Waals surface area contributed by atoms with E-state index in [1.54, 1.807) is 6.20 Å². The van der Waals surface area contributed by atoms with Gasteiger partial charge in [0, 0.05) is 28.4 Å². The molecule has 0 aliphatic rings. The molecule has 2 rings (SSSR count). The Hall–Kier alpha value is -1.33. The Labute approximate surface area is 128 Å². The Bertz CT molecular complexity index is 605. The first-order valence-electron chi connectivity index (χ1n) is 6.56. The van der Waals surface area contributed by atoms with Crippen LogP contribution in [0, 0.1) is 6.92 Å². The van der Waals surface area contributed by atoms with Crippen LogP contribution in [0.3, 0.4) is 0 Å². The largest absolute Gasteiger partial charge is 0.306 e. The highest BCUT2D eigenvalue weighted by Crippen LogP contribution is 2.23. The predicted molar refractivity (Wildman–Crippen MR) is 84.3 cm³/mol. The van der Waals surface area contributed by atoms with Gasteiger partial charge >= 0.3 is 0 Å². The molecule has 106 valence electrons. The Morgan fingerprint density at radius 1 is 1.25 bits per heavy atom. The Kier molecular flexibility index (Phi) is 4.50. The van der Waals surface area contributed by atoms with Gasteiger partial charge in [0.25, 0.3) is 0 Å². The van der Waals surface area contributed by atoms with Crippen molar-refractivity contribution in [2.24, 2.45) is 0 Å². The third-order valence-electron chi connectivity index (χ3n) is 2.68. The highest BCUT2D eigenvalue weighted by atomic mass is 79.9. The fourth-order valence-electron chi connectivity index (χ4n) is 1.74. The molecule has 0 fully saturated rings. The minimum Gasteiger partial charge on any atom is -0.306 e. The van der Waals surface area contributed by atoms with Gasteiger partial charge in [-0.15, -0.1) is 0 Å². The Morgan fingerprint density at radius 3 is 2.65 bits per heavy atom. The van der Waals surface area contributed by atoms with Gasteiger partial charge in [-0.25, -0.2) is 9.97 Å². The summed E-state index contributed by atoms with van der Waals surface area (Å²) in [4.78, 5) is 13.4. The molecule has 0 saturated heterocycles. The minimum absolute atomic E-state index is 0.0601. The molecule has 1 N–H and O–H groups in total. The van der Waals surface area contributed by atoms with Crippen molar-refractivity contribution in [1.82, 2.24) is 20.3 Å². The van der Waals surface area contributed by atoms with E-state index in [-0.39, 0.29) is 5.54 Å². The van der Waals surface area contributed by atoms with Crippen LogP contribution in [-0.4, -0.2) is 20.5 Å². The van der Waals surface area contributed by atoms with E-state index in [1.807, 2.05) is 25.1 Å². The number of hydrogen-bond donors (Lipinski definition) is 1. The summed E-state index contributed by atoms with van der Waals surface area (Å²) in [5.74, 6) is 0.656. The van der Waals surface area contributed by atoms with Crippen LogP contribution in [0.1, 0.15) is 32.2 Å². The zero-order valence-electron chi connectivity index (χ0n) is 12.2. The van der Waals surface area contributed by atoms with Crippen LogP contribution in [0.5, 0.6) is 0 Å². The minimum atomic E-state index is 0.0601. The van der Waals surface area contributed by atoms with Gasteiger partial charge in [0.1, 0.15) is 5.69 Å². The molecule has 0 aromatic carbocycles. The molecule has 0 aliphatic carbocycles. The molecule has 0 aliphatic heterocycles.